The summed E-state index contributed by atoms with van der Waals surface area (Å²) < 4.78 is 80.5. The Morgan fingerprint density at radius 1 is 0.429 bits per heavy atom. The number of nitrogens with zero attached hydrogens (tertiary/aromatic N) is 4. The van der Waals surface area contributed by atoms with Crippen molar-refractivity contribution in [1.29, 1.82) is 0 Å². The molecule has 56 heavy (non-hydrogen) atoms. The molecular weight excluding hydrogens is 685 g/mol. The lowest BCUT2D eigenvalue weighted by Gasteiger charge is -2.17. The molecule has 0 aliphatic carbocycles. The molecule has 0 aliphatic heterocycles. The molecule has 0 atom stereocenters. The Balaban J connectivity index is 1.30. The number of aromatic nitrogens is 4. The summed E-state index contributed by atoms with van der Waals surface area (Å²) >= 11 is 0. The fraction of sp³-hybridized carbons (Fsp3) is 0. The van der Waals surface area contributed by atoms with E-state index in [1.807, 2.05) is 121 Å². The first-order valence-corrected chi connectivity index (χ1v) is 18.1. The summed E-state index contributed by atoms with van der Waals surface area (Å²) in [5, 5.41) is 2.21. The third-order valence-corrected chi connectivity index (χ3v) is 10.0. The Labute approximate surface area is 334 Å². The van der Waals surface area contributed by atoms with Crippen LogP contribution in [0.3, 0.4) is 0 Å². The third-order valence-electron chi connectivity index (χ3n) is 10.0. The van der Waals surface area contributed by atoms with Crippen LogP contribution in [0.5, 0.6) is 0 Å². The van der Waals surface area contributed by atoms with Gasteiger partial charge in [0.2, 0.25) is 0 Å². The Kier molecular flexibility index (Phi) is 5.74. The van der Waals surface area contributed by atoms with Crippen LogP contribution in [-0.2, 0) is 0 Å². The summed E-state index contributed by atoms with van der Waals surface area (Å²) in [6, 6.07) is 42.7. The molecule has 0 unspecified atom stereocenters. The number of para-hydroxylation sites is 3. The highest BCUT2D eigenvalue weighted by atomic mass is 16.3. The molecule has 11 rings (SSSR count). The Hall–Kier alpha value is -7.63. The van der Waals surface area contributed by atoms with E-state index in [1.54, 1.807) is 4.57 Å². The van der Waals surface area contributed by atoms with E-state index in [1.165, 1.54) is 24.3 Å². The van der Waals surface area contributed by atoms with E-state index >= 15 is 0 Å². The molecular formula is C51H32N4O. The molecule has 0 spiro atoms. The molecule has 0 saturated heterocycles. The van der Waals surface area contributed by atoms with Gasteiger partial charge in [-0.15, -0.1) is 0 Å². The van der Waals surface area contributed by atoms with E-state index in [0.717, 1.165) is 38.6 Å². The molecule has 0 saturated carbocycles. The molecule has 0 radical (unpaired) electrons. The molecule has 0 amide bonds. The van der Waals surface area contributed by atoms with Crippen LogP contribution in [0, 0.1) is 0 Å². The third kappa shape index (κ3) is 5.29. The zero-order valence-electron chi connectivity index (χ0n) is 37.6. The molecule has 0 bridgehead atoms. The minimum absolute atomic E-state index is 0.0302. The van der Waals surface area contributed by atoms with Crippen LogP contribution in [0.15, 0.2) is 198 Å². The maximum absolute atomic E-state index is 9.89. The smallest absolute Gasteiger partial charge is 0.166 e. The van der Waals surface area contributed by atoms with Crippen molar-refractivity contribution in [3.8, 4) is 62.1 Å². The molecule has 262 valence electrons. The van der Waals surface area contributed by atoms with Crippen molar-refractivity contribution in [2.24, 2.45) is 0 Å². The molecule has 5 heteroatoms. The predicted molar refractivity (Wildman–Crippen MR) is 229 cm³/mol. The number of hydrogen-bond acceptors (Lipinski definition) is 4. The molecule has 0 aliphatic rings. The molecule has 8 aromatic carbocycles. The first-order valence-electron chi connectivity index (χ1n) is 22.1. The highest BCUT2D eigenvalue weighted by Gasteiger charge is 2.22. The van der Waals surface area contributed by atoms with E-state index in [-0.39, 0.29) is 87.1 Å². The Morgan fingerprint density at radius 2 is 1.11 bits per heavy atom. The van der Waals surface area contributed by atoms with Gasteiger partial charge < -0.3 is 8.98 Å². The van der Waals surface area contributed by atoms with Gasteiger partial charge in [-0.2, -0.15) is 0 Å². The molecule has 5 nitrogen and oxygen atoms in total. The molecule has 3 heterocycles. The Bertz CT molecular complexity index is 3640. The van der Waals surface area contributed by atoms with Gasteiger partial charge in [0.05, 0.1) is 27.7 Å². The van der Waals surface area contributed by atoms with Gasteiger partial charge in [-0.25, -0.2) is 15.0 Å². The standard InChI is InChI=1S/C51H32N4O/c1-4-15-33(16-5-1)36-27-29-40-39-21-10-12-25-44(39)55(46(40)32-36)45-30-28-37(38-23-14-24-42-41-22-11-13-26-47(41)56-48(38)42)31-43(45)51-53-49(34-17-6-2-7-18-34)52-50(54-51)35-19-8-3-9-20-35/h1-32H/i1D,10D,15D,16D,21D,25D,29D,32D. The average molecular weight is 725 g/mol. The van der Waals surface area contributed by atoms with Gasteiger partial charge in [0.1, 0.15) is 11.2 Å². The first kappa shape index (κ1) is 24.6. The highest BCUT2D eigenvalue weighted by molar-refractivity contribution is 6.12. The number of rotatable bonds is 6. The van der Waals surface area contributed by atoms with Crippen LogP contribution in [0.25, 0.3) is 106 Å². The maximum Gasteiger partial charge on any atom is 0.166 e. The number of furan rings is 1. The van der Waals surface area contributed by atoms with Crippen molar-refractivity contribution >= 4 is 43.7 Å². The number of fused-ring (bicyclic) bond motifs is 6. The molecule has 3 aromatic heterocycles. The summed E-state index contributed by atoms with van der Waals surface area (Å²) in [5.41, 5.74) is 5.78. The van der Waals surface area contributed by atoms with E-state index in [2.05, 4.69) is 0 Å². The molecule has 0 N–H and O–H groups in total. The second kappa shape index (κ2) is 13.0. The van der Waals surface area contributed by atoms with Gasteiger partial charge in [0, 0.05) is 43.8 Å². The van der Waals surface area contributed by atoms with Crippen LogP contribution < -0.4 is 0 Å². The minimum Gasteiger partial charge on any atom is -0.455 e. The SMILES string of the molecule is [2H]c1cc([2H])c(-c2cc([2H])c3c4c([2H])c([2H])cc([2H])c4n(-c4ccc(-c5cccc6c5oc5ccccc56)cc4-c4nc(-c5ccccc5)nc(-c5ccccc5)n4)c3c2[2H])c([2H])c1. The summed E-state index contributed by atoms with van der Waals surface area (Å²) in [4.78, 5) is 15.2. The van der Waals surface area contributed by atoms with Gasteiger partial charge in [0.25, 0.3) is 0 Å². The quantitative estimate of drug-likeness (QED) is 0.171. The fourth-order valence-electron chi connectivity index (χ4n) is 7.43. The van der Waals surface area contributed by atoms with Gasteiger partial charge in [-0.05, 0) is 47.0 Å². The minimum atomic E-state index is -0.219. The van der Waals surface area contributed by atoms with Crippen molar-refractivity contribution in [3.05, 3.63) is 194 Å². The van der Waals surface area contributed by atoms with E-state index in [0.29, 0.717) is 28.5 Å². The van der Waals surface area contributed by atoms with Gasteiger partial charge in [-0.3, -0.25) is 0 Å². The van der Waals surface area contributed by atoms with Crippen molar-refractivity contribution < 1.29 is 15.4 Å². The maximum atomic E-state index is 9.89. The highest BCUT2D eigenvalue weighted by Crippen LogP contribution is 2.41. The zero-order valence-corrected chi connectivity index (χ0v) is 29.6. The van der Waals surface area contributed by atoms with Crippen LogP contribution in [-0.4, -0.2) is 19.5 Å². The lowest BCUT2D eigenvalue weighted by molar-refractivity contribution is 0.670. The van der Waals surface area contributed by atoms with Gasteiger partial charge in [-0.1, -0.05) is 164 Å². The lowest BCUT2D eigenvalue weighted by Crippen LogP contribution is -2.04. The molecule has 11 aromatic rings. The largest absolute Gasteiger partial charge is 0.455 e. The van der Waals surface area contributed by atoms with E-state index in [4.69, 9.17) is 24.9 Å². The van der Waals surface area contributed by atoms with Crippen LogP contribution >= 0.6 is 0 Å². The van der Waals surface area contributed by atoms with Crippen LogP contribution in [0.4, 0.5) is 0 Å². The normalized spacial score (nSPS) is 13.6. The van der Waals surface area contributed by atoms with E-state index < -0.39 is 0 Å². The second-order valence-corrected chi connectivity index (χ2v) is 13.3. The van der Waals surface area contributed by atoms with Crippen molar-refractivity contribution in [3.63, 3.8) is 0 Å². The second-order valence-electron chi connectivity index (χ2n) is 13.3. The summed E-state index contributed by atoms with van der Waals surface area (Å²) in [6.45, 7) is 0. The van der Waals surface area contributed by atoms with Gasteiger partial charge >= 0.3 is 0 Å². The molecule has 0 fully saturated rings. The topological polar surface area (TPSA) is 56.7 Å². The average Bonchev–Trinajstić information content (AvgIpc) is 3.88. The van der Waals surface area contributed by atoms with E-state index in [9.17, 15) is 5.48 Å². The number of hydrogen-bond donors (Lipinski definition) is 0. The fourth-order valence-corrected chi connectivity index (χ4v) is 7.43. The first-order chi connectivity index (χ1) is 31.0. The predicted octanol–water partition coefficient (Wildman–Crippen LogP) is 13.2. The number of benzene rings is 8. The summed E-state index contributed by atoms with van der Waals surface area (Å²) in [5.74, 6) is 1.06. The van der Waals surface area contributed by atoms with Crippen molar-refractivity contribution in [2.45, 2.75) is 0 Å². The zero-order chi connectivity index (χ0) is 44.0. The monoisotopic (exact) mass is 724 g/mol. The summed E-state index contributed by atoms with van der Waals surface area (Å²) in [7, 11) is 0. The van der Waals surface area contributed by atoms with Crippen molar-refractivity contribution in [2.75, 3.05) is 0 Å². The lowest BCUT2D eigenvalue weighted by atomic mass is 9.98. The van der Waals surface area contributed by atoms with Crippen molar-refractivity contribution in [1.82, 2.24) is 19.5 Å². The van der Waals surface area contributed by atoms with Crippen LogP contribution in [0.1, 0.15) is 11.0 Å². The Morgan fingerprint density at radius 3 is 1.89 bits per heavy atom. The van der Waals surface area contributed by atoms with Crippen LogP contribution in [0.2, 0.25) is 0 Å². The van der Waals surface area contributed by atoms with Gasteiger partial charge in [0.15, 0.2) is 17.5 Å². The summed E-state index contributed by atoms with van der Waals surface area (Å²) in [6.07, 6.45) is 0.